The molecule has 1 N–H and O–H groups in total. The van der Waals surface area contributed by atoms with Gasteiger partial charge in [0.15, 0.2) is 5.11 Å². The number of hydrogen-bond acceptors (Lipinski definition) is 2. The highest BCUT2D eigenvalue weighted by Crippen LogP contribution is 2.42. The predicted octanol–water partition coefficient (Wildman–Crippen LogP) is 6.77. The number of rotatable bonds is 5. The minimum atomic E-state index is -0.0799. The average Bonchev–Trinajstić information content (AvgIpc) is 3.53. The Morgan fingerprint density at radius 3 is 2.37 bits per heavy atom. The lowest BCUT2D eigenvalue weighted by Gasteiger charge is -2.29. The first-order valence-corrected chi connectivity index (χ1v) is 12.4. The molecule has 0 spiro atoms. The number of nitrogens with one attached hydrogen (secondary N) is 1. The summed E-state index contributed by atoms with van der Waals surface area (Å²) >= 11 is 5.91. The van der Waals surface area contributed by atoms with E-state index in [-0.39, 0.29) is 12.1 Å². The molecule has 5 heteroatoms. The van der Waals surface area contributed by atoms with Crippen LogP contribution in [-0.4, -0.2) is 14.7 Å². The van der Waals surface area contributed by atoms with Gasteiger partial charge in [0.2, 0.25) is 0 Å². The summed E-state index contributed by atoms with van der Waals surface area (Å²) in [7, 11) is 0. The molecular weight excluding hydrogens is 448 g/mol. The van der Waals surface area contributed by atoms with Crippen LogP contribution in [0, 0.1) is 0 Å². The van der Waals surface area contributed by atoms with E-state index in [1.165, 1.54) is 16.3 Å². The standard InChI is InChI=1S/C30H26N4S/c1-2-21-12-15-24(16-13-21)34-29(28(32-30(34)35)26-10-5-6-18-31-26)27-11-7-19-33(27)25-17-14-22-8-3-4-9-23(22)20-25/h3-20,28-29H,2H2,1H3,(H,32,35)/t28-,29+/m0/s1. The van der Waals surface area contributed by atoms with Crippen LogP contribution in [-0.2, 0) is 6.42 Å². The Labute approximate surface area is 210 Å². The second-order valence-electron chi connectivity index (χ2n) is 8.85. The summed E-state index contributed by atoms with van der Waals surface area (Å²) in [6.45, 7) is 2.17. The zero-order valence-electron chi connectivity index (χ0n) is 19.5. The van der Waals surface area contributed by atoms with Gasteiger partial charge in [-0.15, -0.1) is 0 Å². The van der Waals surface area contributed by atoms with Crippen LogP contribution in [0.1, 0.15) is 36.0 Å². The fraction of sp³-hybridized carbons (Fsp3) is 0.133. The number of benzene rings is 3. The molecule has 3 heterocycles. The van der Waals surface area contributed by atoms with Crippen LogP contribution < -0.4 is 10.2 Å². The summed E-state index contributed by atoms with van der Waals surface area (Å²) in [5.41, 5.74) is 5.64. The number of anilines is 1. The molecule has 3 aromatic carbocycles. The van der Waals surface area contributed by atoms with Crippen molar-refractivity contribution in [1.29, 1.82) is 0 Å². The Kier molecular flexibility index (Phi) is 5.55. The highest BCUT2D eigenvalue weighted by atomic mass is 32.1. The van der Waals surface area contributed by atoms with Crippen molar-refractivity contribution in [2.24, 2.45) is 0 Å². The van der Waals surface area contributed by atoms with Crippen molar-refractivity contribution in [3.8, 4) is 5.69 Å². The Hall–Kier alpha value is -3.96. The molecular formula is C30H26N4S. The van der Waals surface area contributed by atoms with Crippen LogP contribution in [0.3, 0.4) is 0 Å². The first-order valence-electron chi connectivity index (χ1n) is 12.0. The SMILES string of the molecule is CCc1ccc(N2C(=S)N[C@@H](c3ccccn3)[C@H]2c2cccn2-c2ccc3ccccc3c2)cc1. The van der Waals surface area contributed by atoms with Crippen LogP contribution in [0.5, 0.6) is 0 Å². The van der Waals surface area contributed by atoms with E-state index in [1.807, 2.05) is 18.3 Å². The van der Waals surface area contributed by atoms with E-state index >= 15 is 0 Å². The molecule has 0 radical (unpaired) electrons. The molecule has 1 fully saturated rings. The van der Waals surface area contributed by atoms with Crippen LogP contribution in [0.25, 0.3) is 16.5 Å². The van der Waals surface area contributed by atoms with Crippen molar-refractivity contribution in [3.63, 3.8) is 0 Å². The molecule has 1 saturated heterocycles. The second-order valence-corrected chi connectivity index (χ2v) is 9.24. The first-order chi connectivity index (χ1) is 17.2. The highest BCUT2D eigenvalue weighted by Gasteiger charge is 2.42. The third-order valence-electron chi connectivity index (χ3n) is 6.82. The van der Waals surface area contributed by atoms with Crippen LogP contribution in [0.2, 0.25) is 0 Å². The molecule has 0 bridgehead atoms. The molecule has 4 nitrogen and oxygen atoms in total. The topological polar surface area (TPSA) is 33.1 Å². The molecule has 35 heavy (non-hydrogen) atoms. The lowest BCUT2D eigenvalue weighted by Crippen LogP contribution is -2.30. The van der Waals surface area contributed by atoms with Crippen LogP contribution >= 0.6 is 12.2 Å². The van der Waals surface area contributed by atoms with E-state index < -0.39 is 0 Å². The van der Waals surface area contributed by atoms with Gasteiger partial charge in [-0.3, -0.25) is 4.98 Å². The van der Waals surface area contributed by atoms with Gasteiger partial charge in [0.25, 0.3) is 0 Å². The molecule has 172 valence electrons. The average molecular weight is 475 g/mol. The minimum Gasteiger partial charge on any atom is -0.351 e. The number of hydrogen-bond donors (Lipinski definition) is 1. The third-order valence-corrected chi connectivity index (χ3v) is 7.13. The number of nitrogens with zero attached hydrogens (tertiary/aromatic N) is 3. The van der Waals surface area contributed by atoms with Gasteiger partial charge in [-0.1, -0.05) is 55.5 Å². The molecule has 5 aromatic rings. The fourth-order valence-corrected chi connectivity index (χ4v) is 5.37. The van der Waals surface area contributed by atoms with Crippen molar-refractivity contribution in [1.82, 2.24) is 14.9 Å². The molecule has 0 aliphatic carbocycles. The zero-order valence-corrected chi connectivity index (χ0v) is 20.3. The smallest absolute Gasteiger partial charge is 0.174 e. The Bertz CT molecular complexity index is 1490. The highest BCUT2D eigenvalue weighted by molar-refractivity contribution is 7.80. The lowest BCUT2D eigenvalue weighted by molar-refractivity contribution is 0.549. The van der Waals surface area contributed by atoms with Gasteiger partial charge >= 0.3 is 0 Å². The number of aromatic nitrogens is 2. The summed E-state index contributed by atoms with van der Waals surface area (Å²) in [5.74, 6) is 0. The Balaban J connectivity index is 1.50. The van der Waals surface area contributed by atoms with E-state index in [0.717, 1.165) is 29.2 Å². The number of fused-ring (bicyclic) bond motifs is 1. The van der Waals surface area contributed by atoms with Crippen molar-refractivity contribution >= 4 is 33.8 Å². The third kappa shape index (κ3) is 3.88. The van der Waals surface area contributed by atoms with Gasteiger partial charge in [0, 0.05) is 29.5 Å². The summed E-state index contributed by atoms with van der Waals surface area (Å²) in [6, 6.07) is 34.0. The number of pyridine rings is 1. The Morgan fingerprint density at radius 2 is 1.60 bits per heavy atom. The van der Waals surface area contributed by atoms with Crippen molar-refractivity contribution in [2.45, 2.75) is 25.4 Å². The molecule has 6 rings (SSSR count). The largest absolute Gasteiger partial charge is 0.351 e. The fourth-order valence-electron chi connectivity index (χ4n) is 5.02. The van der Waals surface area contributed by atoms with Crippen molar-refractivity contribution in [2.75, 3.05) is 4.90 Å². The van der Waals surface area contributed by atoms with Crippen LogP contribution in [0.4, 0.5) is 5.69 Å². The molecule has 1 aliphatic heterocycles. The number of aryl methyl sites for hydroxylation is 1. The van der Waals surface area contributed by atoms with E-state index in [2.05, 4.69) is 113 Å². The quantitative estimate of drug-likeness (QED) is 0.285. The van der Waals surface area contributed by atoms with Gasteiger partial charge in [0.1, 0.15) is 6.04 Å². The summed E-state index contributed by atoms with van der Waals surface area (Å²) in [4.78, 5) is 6.93. The normalized spacial score (nSPS) is 17.6. The van der Waals surface area contributed by atoms with E-state index in [9.17, 15) is 0 Å². The van der Waals surface area contributed by atoms with Gasteiger partial charge < -0.3 is 14.8 Å². The zero-order chi connectivity index (χ0) is 23.8. The maximum absolute atomic E-state index is 5.91. The van der Waals surface area contributed by atoms with E-state index in [0.29, 0.717) is 5.11 Å². The minimum absolute atomic E-state index is 0.0636. The number of thiocarbonyl (C=S) groups is 1. The monoisotopic (exact) mass is 474 g/mol. The second kappa shape index (κ2) is 9.01. The van der Waals surface area contributed by atoms with E-state index in [4.69, 9.17) is 17.2 Å². The molecule has 0 unspecified atom stereocenters. The Morgan fingerprint density at radius 1 is 0.829 bits per heavy atom. The van der Waals surface area contributed by atoms with Gasteiger partial charge in [0.05, 0.1) is 11.7 Å². The van der Waals surface area contributed by atoms with Crippen molar-refractivity contribution in [3.05, 3.63) is 126 Å². The maximum atomic E-state index is 5.91. The predicted molar refractivity (Wildman–Crippen MR) is 147 cm³/mol. The molecule has 2 aromatic heterocycles. The molecule has 0 amide bonds. The molecule has 0 saturated carbocycles. The first kappa shape index (κ1) is 21.6. The van der Waals surface area contributed by atoms with Crippen LogP contribution in [0.15, 0.2) is 109 Å². The summed E-state index contributed by atoms with van der Waals surface area (Å²) < 4.78 is 2.27. The molecule has 1 aliphatic rings. The van der Waals surface area contributed by atoms with Crippen molar-refractivity contribution < 1.29 is 0 Å². The van der Waals surface area contributed by atoms with Gasteiger partial charge in [-0.25, -0.2) is 0 Å². The lowest BCUT2D eigenvalue weighted by atomic mass is 10.00. The van der Waals surface area contributed by atoms with Gasteiger partial charge in [-0.05, 0) is 83.5 Å². The summed E-state index contributed by atoms with van der Waals surface area (Å²) in [6.07, 6.45) is 4.99. The summed E-state index contributed by atoms with van der Waals surface area (Å²) in [5, 5.41) is 6.74. The van der Waals surface area contributed by atoms with Gasteiger partial charge in [-0.2, -0.15) is 0 Å². The van der Waals surface area contributed by atoms with E-state index in [1.54, 1.807) is 0 Å². The maximum Gasteiger partial charge on any atom is 0.174 e. The molecule has 2 atom stereocenters.